The summed E-state index contributed by atoms with van der Waals surface area (Å²) in [5, 5.41) is 0.333. The number of unbranched alkanes of at least 4 members (excludes halogenated alkanes) is 1. The molecule has 2 aromatic carbocycles. The van der Waals surface area contributed by atoms with Gasteiger partial charge in [0, 0.05) is 20.1 Å². The van der Waals surface area contributed by atoms with Crippen molar-refractivity contribution in [3.05, 3.63) is 69.5 Å². The molecule has 8 heteroatoms. The van der Waals surface area contributed by atoms with E-state index in [0.29, 0.717) is 48.4 Å². The van der Waals surface area contributed by atoms with E-state index < -0.39 is 11.9 Å². The summed E-state index contributed by atoms with van der Waals surface area (Å²) in [7, 11) is 1.58. The van der Waals surface area contributed by atoms with Gasteiger partial charge in [0.15, 0.2) is 0 Å². The number of methoxy groups -OCH3 is 1. The summed E-state index contributed by atoms with van der Waals surface area (Å²) >= 11 is 6.05. The van der Waals surface area contributed by atoms with Gasteiger partial charge in [0.05, 0.1) is 34.3 Å². The van der Waals surface area contributed by atoms with Crippen molar-refractivity contribution < 1.29 is 13.9 Å². The SMILES string of the molecule is CCCCC(=O)N(CCOC)C(CC)c1nc2ccccc2c(=O)n1-c1ccc(F)c(Cl)c1. The van der Waals surface area contributed by atoms with Crippen LogP contribution in [0.4, 0.5) is 4.39 Å². The topological polar surface area (TPSA) is 64.4 Å². The van der Waals surface area contributed by atoms with Crippen LogP contribution in [0.15, 0.2) is 47.3 Å². The molecule has 0 saturated heterocycles. The Balaban J connectivity index is 2.25. The number of ether oxygens (including phenoxy) is 1. The zero-order valence-corrected chi connectivity index (χ0v) is 19.9. The number of rotatable bonds is 10. The van der Waals surface area contributed by atoms with E-state index in [9.17, 15) is 14.0 Å². The molecular weight excluding hydrogens is 445 g/mol. The average molecular weight is 474 g/mol. The minimum atomic E-state index is -0.577. The maximum atomic E-state index is 13.9. The fraction of sp³-hybridized carbons (Fsp3) is 0.400. The van der Waals surface area contributed by atoms with Gasteiger partial charge in [-0.2, -0.15) is 0 Å². The van der Waals surface area contributed by atoms with Gasteiger partial charge in [-0.05, 0) is 43.2 Å². The Morgan fingerprint density at radius 1 is 1.24 bits per heavy atom. The maximum absolute atomic E-state index is 13.9. The number of fused-ring (bicyclic) bond motifs is 1. The average Bonchev–Trinajstić information content (AvgIpc) is 2.82. The first-order chi connectivity index (χ1) is 15.9. The number of hydrogen-bond acceptors (Lipinski definition) is 4. The molecule has 3 aromatic rings. The second-order valence-electron chi connectivity index (χ2n) is 7.83. The molecule has 1 aromatic heterocycles. The largest absolute Gasteiger partial charge is 0.383 e. The van der Waals surface area contributed by atoms with Gasteiger partial charge in [0.25, 0.3) is 5.56 Å². The first-order valence-electron chi connectivity index (χ1n) is 11.2. The highest BCUT2D eigenvalue weighted by atomic mass is 35.5. The van der Waals surface area contributed by atoms with E-state index >= 15 is 0 Å². The van der Waals surface area contributed by atoms with Gasteiger partial charge in [0.2, 0.25) is 5.91 Å². The lowest BCUT2D eigenvalue weighted by Gasteiger charge is -2.32. The van der Waals surface area contributed by atoms with Crippen molar-refractivity contribution in [3.8, 4) is 5.69 Å². The van der Waals surface area contributed by atoms with Gasteiger partial charge in [0.1, 0.15) is 11.6 Å². The number of aromatic nitrogens is 2. The van der Waals surface area contributed by atoms with Crippen molar-refractivity contribution >= 4 is 28.4 Å². The number of amides is 1. The lowest BCUT2D eigenvalue weighted by atomic mass is 10.1. The van der Waals surface area contributed by atoms with Crippen molar-refractivity contribution in [2.45, 2.75) is 45.6 Å². The highest BCUT2D eigenvalue weighted by Gasteiger charge is 2.28. The molecule has 1 amide bonds. The number of para-hydroxylation sites is 1. The van der Waals surface area contributed by atoms with Gasteiger partial charge in [-0.25, -0.2) is 9.37 Å². The van der Waals surface area contributed by atoms with Crippen LogP contribution >= 0.6 is 11.6 Å². The quantitative estimate of drug-likeness (QED) is 0.401. The van der Waals surface area contributed by atoms with Crippen LogP contribution in [0, 0.1) is 5.82 Å². The zero-order chi connectivity index (χ0) is 24.0. The summed E-state index contributed by atoms with van der Waals surface area (Å²) in [4.78, 5) is 33.3. The summed E-state index contributed by atoms with van der Waals surface area (Å²) < 4.78 is 20.6. The number of carbonyl (C=O) groups is 1. The Hall–Kier alpha value is -2.77. The number of benzene rings is 2. The van der Waals surface area contributed by atoms with Crippen LogP contribution < -0.4 is 5.56 Å². The van der Waals surface area contributed by atoms with Crippen LogP contribution in [-0.2, 0) is 9.53 Å². The molecule has 0 spiro atoms. The Morgan fingerprint density at radius 2 is 2.00 bits per heavy atom. The van der Waals surface area contributed by atoms with E-state index in [1.165, 1.54) is 22.8 Å². The molecule has 33 heavy (non-hydrogen) atoms. The molecule has 1 atom stereocenters. The molecule has 1 unspecified atom stereocenters. The van der Waals surface area contributed by atoms with Crippen LogP contribution in [0.25, 0.3) is 16.6 Å². The van der Waals surface area contributed by atoms with Gasteiger partial charge in [-0.3, -0.25) is 14.2 Å². The molecule has 176 valence electrons. The first-order valence-corrected chi connectivity index (χ1v) is 11.6. The van der Waals surface area contributed by atoms with E-state index in [2.05, 4.69) is 0 Å². The molecule has 0 N–H and O–H groups in total. The lowest BCUT2D eigenvalue weighted by Crippen LogP contribution is -2.40. The van der Waals surface area contributed by atoms with Gasteiger partial charge >= 0.3 is 0 Å². The van der Waals surface area contributed by atoms with Crippen LogP contribution in [0.5, 0.6) is 0 Å². The second-order valence-corrected chi connectivity index (χ2v) is 8.24. The summed E-state index contributed by atoms with van der Waals surface area (Å²) in [6.07, 6.45) is 2.59. The maximum Gasteiger partial charge on any atom is 0.266 e. The summed E-state index contributed by atoms with van der Waals surface area (Å²) in [6, 6.07) is 10.7. The first kappa shape index (κ1) is 24.9. The van der Waals surface area contributed by atoms with Crippen molar-refractivity contribution in [1.82, 2.24) is 14.5 Å². The summed E-state index contributed by atoms with van der Waals surface area (Å²) in [6.45, 7) is 4.70. The Labute approximate surface area is 197 Å². The number of hydrogen-bond donors (Lipinski definition) is 0. The molecular formula is C25H29ClFN3O3. The fourth-order valence-electron chi connectivity index (χ4n) is 3.91. The Kier molecular flexibility index (Phi) is 8.58. The molecule has 0 aliphatic heterocycles. The third-order valence-corrected chi connectivity index (χ3v) is 5.91. The predicted molar refractivity (Wildman–Crippen MR) is 128 cm³/mol. The highest BCUT2D eigenvalue weighted by Crippen LogP contribution is 2.28. The van der Waals surface area contributed by atoms with E-state index in [1.807, 2.05) is 19.9 Å². The van der Waals surface area contributed by atoms with Gasteiger partial charge in [-0.1, -0.05) is 44.0 Å². The standard InChI is InChI=1S/C25H29ClFN3O3/c1-4-6-11-23(31)29(14-15-33-3)22(5-2)24-28-21-10-8-7-9-18(21)25(32)30(24)17-12-13-20(27)19(26)16-17/h7-10,12-13,16,22H,4-6,11,14-15H2,1-3H3. The Bertz CT molecular complexity index is 1180. The minimum absolute atomic E-state index is 0.0214. The van der Waals surface area contributed by atoms with Gasteiger partial charge < -0.3 is 9.64 Å². The molecule has 0 aliphatic carbocycles. The normalized spacial score (nSPS) is 12.2. The summed E-state index contributed by atoms with van der Waals surface area (Å²) in [5.74, 6) is -0.191. The van der Waals surface area contributed by atoms with Crippen molar-refractivity contribution in [2.24, 2.45) is 0 Å². The number of nitrogens with zero attached hydrogens (tertiary/aromatic N) is 3. The smallest absolute Gasteiger partial charge is 0.266 e. The number of halogens is 2. The monoisotopic (exact) mass is 473 g/mol. The molecule has 0 aliphatic rings. The molecule has 0 saturated carbocycles. The van der Waals surface area contributed by atoms with Crippen molar-refractivity contribution in [3.63, 3.8) is 0 Å². The van der Waals surface area contributed by atoms with Crippen LogP contribution in [-0.4, -0.2) is 40.6 Å². The van der Waals surface area contributed by atoms with E-state index in [4.69, 9.17) is 21.3 Å². The number of carbonyl (C=O) groups excluding carboxylic acids is 1. The van der Waals surface area contributed by atoms with Crippen LogP contribution in [0.1, 0.15) is 51.4 Å². The van der Waals surface area contributed by atoms with E-state index in [0.717, 1.165) is 12.8 Å². The summed E-state index contributed by atoms with van der Waals surface area (Å²) in [5.41, 5.74) is 0.628. The van der Waals surface area contributed by atoms with E-state index in [1.54, 1.807) is 30.2 Å². The van der Waals surface area contributed by atoms with Crippen molar-refractivity contribution in [1.29, 1.82) is 0 Å². The van der Waals surface area contributed by atoms with Crippen LogP contribution in [0.3, 0.4) is 0 Å². The van der Waals surface area contributed by atoms with Gasteiger partial charge in [-0.15, -0.1) is 0 Å². The highest BCUT2D eigenvalue weighted by molar-refractivity contribution is 6.30. The molecule has 1 heterocycles. The predicted octanol–water partition coefficient (Wildman–Crippen LogP) is 5.29. The molecule has 6 nitrogen and oxygen atoms in total. The zero-order valence-electron chi connectivity index (χ0n) is 19.2. The molecule has 0 bridgehead atoms. The third kappa shape index (κ3) is 5.42. The fourth-order valence-corrected chi connectivity index (χ4v) is 4.08. The molecule has 0 fully saturated rings. The molecule has 3 rings (SSSR count). The Morgan fingerprint density at radius 3 is 2.67 bits per heavy atom. The lowest BCUT2D eigenvalue weighted by molar-refractivity contribution is -0.135. The minimum Gasteiger partial charge on any atom is -0.383 e. The van der Waals surface area contributed by atoms with E-state index in [-0.39, 0.29) is 16.5 Å². The second kappa shape index (κ2) is 11.4. The molecule has 0 radical (unpaired) electrons. The van der Waals surface area contributed by atoms with Crippen LogP contribution in [0.2, 0.25) is 5.02 Å². The third-order valence-electron chi connectivity index (χ3n) is 5.62. The van der Waals surface area contributed by atoms with Crippen molar-refractivity contribution in [2.75, 3.05) is 20.3 Å².